The molecule has 0 radical (unpaired) electrons. The van der Waals surface area contributed by atoms with E-state index in [0.29, 0.717) is 6.42 Å². The van der Waals surface area contributed by atoms with Crippen LogP contribution < -0.4 is 0 Å². The normalized spacial score (nSPS) is 30.4. The lowest BCUT2D eigenvalue weighted by molar-refractivity contribution is -0.0249. The summed E-state index contributed by atoms with van der Waals surface area (Å²) in [6.07, 6.45) is 1.27. The number of ether oxygens (including phenoxy) is 1. The van der Waals surface area contributed by atoms with E-state index in [-0.39, 0.29) is 25.2 Å². The maximum Gasteiger partial charge on any atom is 0.107 e. The molecule has 4 unspecified atom stereocenters. The zero-order chi connectivity index (χ0) is 15.4. The summed E-state index contributed by atoms with van der Waals surface area (Å²) < 4.78 is 5.73. The highest BCUT2D eigenvalue weighted by molar-refractivity contribution is 5.75. The number of hydrogen-bond donors (Lipinski definition) is 3. The van der Waals surface area contributed by atoms with E-state index < -0.39 is 12.2 Å². The fourth-order valence-electron chi connectivity index (χ4n) is 3.08. The fraction of sp³-hybridized carbons (Fsp3) is 0.529. The molecule has 0 aromatic heterocycles. The van der Waals surface area contributed by atoms with Crippen LogP contribution in [0.15, 0.2) is 30.3 Å². The topological polar surface area (TPSA) is 69.9 Å². The summed E-state index contributed by atoms with van der Waals surface area (Å²) in [5.41, 5.74) is 3.09. The van der Waals surface area contributed by atoms with Crippen molar-refractivity contribution in [1.82, 2.24) is 0 Å². The first-order chi connectivity index (χ1) is 10.2. The van der Waals surface area contributed by atoms with E-state index in [9.17, 15) is 10.2 Å². The first kappa shape index (κ1) is 16.2. The fourth-order valence-corrected chi connectivity index (χ4v) is 3.08. The molecule has 0 saturated carbocycles. The van der Waals surface area contributed by atoms with E-state index >= 15 is 0 Å². The second-order valence-electron chi connectivity index (χ2n) is 5.16. The summed E-state index contributed by atoms with van der Waals surface area (Å²) in [5.74, 6) is 0.0459. The van der Waals surface area contributed by atoms with Crippen molar-refractivity contribution in [3.8, 4) is 0 Å². The monoisotopic (exact) mass is 292 g/mol. The van der Waals surface area contributed by atoms with E-state index in [2.05, 4.69) is 0 Å². The van der Waals surface area contributed by atoms with Gasteiger partial charge in [-0.1, -0.05) is 44.2 Å². The van der Waals surface area contributed by atoms with E-state index in [1.54, 1.807) is 0 Å². The van der Waals surface area contributed by atoms with Crippen LogP contribution in [-0.4, -0.2) is 46.8 Å². The first-order valence-corrected chi connectivity index (χ1v) is 7.60. The zero-order valence-corrected chi connectivity index (χ0v) is 12.6. The number of aliphatic hydroxyl groups excluding tert-OH is 3. The minimum Gasteiger partial charge on any atom is -0.394 e. The van der Waals surface area contributed by atoms with Gasteiger partial charge in [-0.15, -0.1) is 0 Å². The average molecular weight is 292 g/mol. The summed E-state index contributed by atoms with van der Waals surface area (Å²) in [4.78, 5) is 0. The molecule has 1 aliphatic heterocycles. The van der Waals surface area contributed by atoms with Gasteiger partial charge in [-0.25, -0.2) is 0 Å². The van der Waals surface area contributed by atoms with Gasteiger partial charge in [-0.3, -0.25) is 0 Å². The zero-order valence-electron chi connectivity index (χ0n) is 12.6. The van der Waals surface area contributed by atoms with Crippen LogP contribution in [-0.2, 0) is 4.74 Å². The van der Waals surface area contributed by atoms with Crippen molar-refractivity contribution in [2.24, 2.45) is 0 Å². The molecule has 0 bridgehead atoms. The first-order valence-electron chi connectivity index (χ1n) is 7.60. The lowest BCUT2D eigenvalue weighted by Crippen LogP contribution is -2.24. The highest BCUT2D eigenvalue weighted by Crippen LogP contribution is 2.42. The Labute approximate surface area is 125 Å². The standard InChI is InChI=1S/C15H18O4.C2H6/c16-7-9-5-12(11-4-2-1-3-10(9)11)14-6-13(18)15(8-17)19-14;1-2/h1-5,12-18H,6-8H2;1-2H3. The van der Waals surface area contributed by atoms with Gasteiger partial charge in [0.25, 0.3) is 0 Å². The van der Waals surface area contributed by atoms with Gasteiger partial charge in [-0.2, -0.15) is 0 Å². The molecule has 4 atom stereocenters. The number of benzene rings is 1. The summed E-state index contributed by atoms with van der Waals surface area (Å²) in [6.45, 7) is 3.84. The Morgan fingerprint density at radius 2 is 1.90 bits per heavy atom. The Hall–Kier alpha value is -1.20. The summed E-state index contributed by atoms with van der Waals surface area (Å²) in [7, 11) is 0. The minimum absolute atomic E-state index is 0.00617. The summed E-state index contributed by atoms with van der Waals surface area (Å²) in [6, 6.07) is 7.94. The predicted molar refractivity (Wildman–Crippen MR) is 82.0 cm³/mol. The smallest absolute Gasteiger partial charge is 0.107 e. The van der Waals surface area contributed by atoms with Crippen molar-refractivity contribution >= 4 is 5.57 Å². The van der Waals surface area contributed by atoms with Gasteiger partial charge in [0.05, 0.1) is 25.4 Å². The average Bonchev–Trinajstić information content (AvgIpc) is 3.09. The summed E-state index contributed by atoms with van der Waals surface area (Å²) >= 11 is 0. The molecule has 1 aromatic rings. The lowest BCUT2D eigenvalue weighted by atomic mass is 9.93. The molecule has 3 rings (SSSR count). The third-order valence-electron chi connectivity index (χ3n) is 4.05. The van der Waals surface area contributed by atoms with Crippen LogP contribution in [0.3, 0.4) is 0 Å². The summed E-state index contributed by atoms with van der Waals surface area (Å²) in [5, 5.41) is 28.4. The van der Waals surface area contributed by atoms with Gasteiger partial charge >= 0.3 is 0 Å². The quantitative estimate of drug-likeness (QED) is 0.793. The molecule has 21 heavy (non-hydrogen) atoms. The highest BCUT2D eigenvalue weighted by atomic mass is 16.5. The van der Waals surface area contributed by atoms with Crippen molar-refractivity contribution in [1.29, 1.82) is 0 Å². The van der Waals surface area contributed by atoms with Crippen molar-refractivity contribution < 1.29 is 20.1 Å². The van der Waals surface area contributed by atoms with Gasteiger partial charge in [0.2, 0.25) is 0 Å². The van der Waals surface area contributed by atoms with Gasteiger partial charge in [0, 0.05) is 12.3 Å². The molecule has 1 saturated heterocycles. The Balaban J connectivity index is 0.000000774. The van der Waals surface area contributed by atoms with Crippen LogP contribution in [0, 0.1) is 0 Å². The molecule has 0 amide bonds. The molecule has 116 valence electrons. The number of aliphatic hydroxyl groups is 3. The second kappa shape index (κ2) is 7.18. The van der Waals surface area contributed by atoms with E-state index in [1.807, 2.05) is 44.2 Å². The number of fused-ring (bicyclic) bond motifs is 1. The number of rotatable bonds is 3. The third kappa shape index (κ3) is 3.04. The lowest BCUT2D eigenvalue weighted by Gasteiger charge is -2.18. The Morgan fingerprint density at radius 3 is 2.52 bits per heavy atom. The number of hydrogen-bond acceptors (Lipinski definition) is 4. The van der Waals surface area contributed by atoms with Crippen molar-refractivity contribution in [2.45, 2.75) is 44.5 Å². The molecule has 2 aliphatic rings. The minimum atomic E-state index is -0.617. The van der Waals surface area contributed by atoms with Crippen LogP contribution >= 0.6 is 0 Å². The molecule has 1 heterocycles. The van der Waals surface area contributed by atoms with Crippen molar-refractivity contribution in [3.63, 3.8) is 0 Å². The van der Waals surface area contributed by atoms with Gasteiger partial charge < -0.3 is 20.1 Å². The molecule has 1 aromatic carbocycles. The molecule has 3 N–H and O–H groups in total. The molecule has 1 fully saturated rings. The largest absolute Gasteiger partial charge is 0.394 e. The maximum absolute atomic E-state index is 9.84. The second-order valence-corrected chi connectivity index (χ2v) is 5.16. The van der Waals surface area contributed by atoms with Crippen LogP contribution in [0.5, 0.6) is 0 Å². The molecule has 4 heteroatoms. The van der Waals surface area contributed by atoms with Crippen LogP contribution in [0.2, 0.25) is 0 Å². The molecular formula is C17H24O4. The van der Waals surface area contributed by atoms with Crippen LogP contribution in [0.1, 0.15) is 37.3 Å². The molecule has 4 nitrogen and oxygen atoms in total. The SMILES string of the molecule is CC.OCC1=CC(C2CC(O)C(CO)O2)c2ccccc21. The highest BCUT2D eigenvalue weighted by Gasteiger charge is 2.40. The van der Waals surface area contributed by atoms with Crippen molar-refractivity contribution in [3.05, 3.63) is 41.5 Å². The third-order valence-corrected chi connectivity index (χ3v) is 4.05. The van der Waals surface area contributed by atoms with Crippen LogP contribution in [0.25, 0.3) is 5.57 Å². The Bertz CT molecular complexity index is 497. The van der Waals surface area contributed by atoms with Crippen LogP contribution in [0.4, 0.5) is 0 Å². The molecular weight excluding hydrogens is 268 g/mol. The van der Waals surface area contributed by atoms with Gasteiger partial charge in [0.1, 0.15) is 6.10 Å². The van der Waals surface area contributed by atoms with Crippen molar-refractivity contribution in [2.75, 3.05) is 13.2 Å². The Kier molecular flexibility index (Phi) is 5.53. The molecule has 1 aliphatic carbocycles. The van der Waals surface area contributed by atoms with Gasteiger partial charge in [-0.05, 0) is 16.7 Å². The van der Waals surface area contributed by atoms with E-state index in [1.165, 1.54) is 0 Å². The predicted octanol–water partition coefficient (Wildman–Crippen LogP) is 1.70. The molecule has 0 spiro atoms. The Morgan fingerprint density at radius 1 is 1.19 bits per heavy atom. The van der Waals surface area contributed by atoms with E-state index in [4.69, 9.17) is 9.84 Å². The van der Waals surface area contributed by atoms with E-state index in [0.717, 1.165) is 16.7 Å². The van der Waals surface area contributed by atoms with Gasteiger partial charge in [0.15, 0.2) is 0 Å². The maximum atomic E-state index is 9.84.